The average Bonchev–Trinajstić information content (AvgIpc) is 2.22. The van der Waals surface area contributed by atoms with Gasteiger partial charge in [-0.15, -0.1) is 0 Å². The summed E-state index contributed by atoms with van der Waals surface area (Å²) in [6, 6.07) is 5.74. The van der Waals surface area contributed by atoms with Crippen LogP contribution in [0, 0.1) is 12.3 Å². The van der Waals surface area contributed by atoms with Gasteiger partial charge in [-0.3, -0.25) is 4.79 Å². The van der Waals surface area contributed by atoms with E-state index in [9.17, 15) is 9.90 Å². The molecule has 0 saturated heterocycles. The first-order valence-corrected chi connectivity index (χ1v) is 5.75. The van der Waals surface area contributed by atoms with Crippen molar-refractivity contribution in [3.63, 3.8) is 0 Å². The monoisotopic (exact) mass is 240 g/mol. The fourth-order valence-corrected chi connectivity index (χ4v) is 1.87. The molecule has 3 heteroatoms. The fraction of sp³-hybridized carbons (Fsp3) is 0.462. The summed E-state index contributed by atoms with van der Waals surface area (Å²) in [6.45, 7) is 5.60. The highest BCUT2D eigenvalue weighted by atomic mass is 35.5. The molecule has 16 heavy (non-hydrogen) atoms. The first kappa shape index (κ1) is 13.0. The summed E-state index contributed by atoms with van der Waals surface area (Å²) < 4.78 is 0. The quantitative estimate of drug-likeness (QED) is 0.872. The molecule has 0 radical (unpaired) electrons. The number of aliphatic carboxylic acids is 1. The average molecular weight is 241 g/mol. The lowest BCUT2D eigenvalue weighted by molar-refractivity contribution is -0.148. The van der Waals surface area contributed by atoms with Crippen molar-refractivity contribution in [2.75, 3.05) is 0 Å². The molecule has 0 aromatic heterocycles. The Bertz CT molecular complexity index is 401. The Morgan fingerprint density at radius 1 is 1.50 bits per heavy atom. The van der Waals surface area contributed by atoms with Crippen molar-refractivity contribution in [1.29, 1.82) is 0 Å². The lowest BCUT2D eigenvalue weighted by Gasteiger charge is -2.23. The topological polar surface area (TPSA) is 37.3 Å². The van der Waals surface area contributed by atoms with Crippen LogP contribution in [0.2, 0.25) is 5.02 Å². The molecule has 0 spiro atoms. The molecule has 0 saturated carbocycles. The van der Waals surface area contributed by atoms with E-state index in [0.717, 1.165) is 11.1 Å². The second-order valence-electron chi connectivity index (χ2n) is 4.49. The Labute approximate surface area is 101 Å². The summed E-state index contributed by atoms with van der Waals surface area (Å²) in [5.74, 6) is -0.772. The normalized spacial score (nSPS) is 14.5. The standard InChI is InChI=1S/C13H17ClO2/c1-4-13(3,12(15)16)8-10-6-5-9(2)7-11(10)14/h5-7H,4,8H2,1-3H3,(H,15,16). The lowest BCUT2D eigenvalue weighted by Crippen LogP contribution is -2.29. The molecule has 1 N–H and O–H groups in total. The van der Waals surface area contributed by atoms with Gasteiger partial charge < -0.3 is 5.11 Å². The minimum Gasteiger partial charge on any atom is -0.481 e. The van der Waals surface area contributed by atoms with Gasteiger partial charge in [-0.1, -0.05) is 30.7 Å². The largest absolute Gasteiger partial charge is 0.481 e. The van der Waals surface area contributed by atoms with Crippen LogP contribution in [-0.2, 0) is 11.2 Å². The highest BCUT2D eigenvalue weighted by molar-refractivity contribution is 6.31. The van der Waals surface area contributed by atoms with Gasteiger partial charge in [-0.25, -0.2) is 0 Å². The van der Waals surface area contributed by atoms with E-state index >= 15 is 0 Å². The number of halogens is 1. The van der Waals surface area contributed by atoms with Gasteiger partial charge in [0.25, 0.3) is 0 Å². The van der Waals surface area contributed by atoms with Crippen LogP contribution >= 0.6 is 11.6 Å². The smallest absolute Gasteiger partial charge is 0.309 e. The van der Waals surface area contributed by atoms with Crippen LogP contribution in [0.3, 0.4) is 0 Å². The Hall–Kier alpha value is -1.02. The molecule has 0 aliphatic rings. The van der Waals surface area contributed by atoms with Crippen molar-refractivity contribution in [2.24, 2.45) is 5.41 Å². The third-order valence-electron chi connectivity index (χ3n) is 3.09. The predicted molar refractivity (Wildman–Crippen MR) is 65.9 cm³/mol. The SMILES string of the molecule is CCC(C)(Cc1ccc(C)cc1Cl)C(=O)O. The van der Waals surface area contributed by atoms with E-state index in [1.165, 1.54) is 0 Å². The van der Waals surface area contributed by atoms with Gasteiger partial charge in [0.05, 0.1) is 5.41 Å². The predicted octanol–water partition coefficient (Wildman–Crippen LogP) is 3.69. The van der Waals surface area contributed by atoms with Crippen molar-refractivity contribution in [3.05, 3.63) is 34.3 Å². The van der Waals surface area contributed by atoms with E-state index in [2.05, 4.69) is 0 Å². The molecule has 1 aromatic rings. The zero-order chi connectivity index (χ0) is 12.3. The summed E-state index contributed by atoms with van der Waals surface area (Å²) in [5.41, 5.74) is 1.25. The molecule has 0 heterocycles. The first-order valence-electron chi connectivity index (χ1n) is 5.37. The maximum atomic E-state index is 11.2. The minimum atomic E-state index is -0.772. The number of carboxylic acid groups (broad SMARTS) is 1. The third-order valence-corrected chi connectivity index (χ3v) is 3.44. The minimum absolute atomic E-state index is 0.470. The first-order chi connectivity index (χ1) is 7.39. The van der Waals surface area contributed by atoms with Crippen molar-refractivity contribution in [1.82, 2.24) is 0 Å². The van der Waals surface area contributed by atoms with E-state index in [1.54, 1.807) is 6.92 Å². The van der Waals surface area contributed by atoms with Gasteiger partial charge >= 0.3 is 5.97 Å². The number of rotatable bonds is 4. The highest BCUT2D eigenvalue weighted by Gasteiger charge is 2.31. The van der Waals surface area contributed by atoms with Gasteiger partial charge in [-0.2, -0.15) is 0 Å². The summed E-state index contributed by atoms with van der Waals surface area (Å²) in [5, 5.41) is 9.85. The van der Waals surface area contributed by atoms with Crippen LogP contribution < -0.4 is 0 Å². The van der Waals surface area contributed by atoms with E-state index in [1.807, 2.05) is 32.0 Å². The van der Waals surface area contributed by atoms with E-state index in [0.29, 0.717) is 17.9 Å². The molecule has 1 unspecified atom stereocenters. The Morgan fingerprint density at radius 2 is 2.12 bits per heavy atom. The van der Waals surface area contributed by atoms with Crippen LogP contribution in [0.25, 0.3) is 0 Å². The van der Waals surface area contributed by atoms with Crippen molar-refractivity contribution in [3.8, 4) is 0 Å². The van der Waals surface area contributed by atoms with E-state index in [-0.39, 0.29) is 0 Å². The van der Waals surface area contributed by atoms with Gasteiger partial charge in [0.15, 0.2) is 0 Å². The molecular formula is C13H17ClO2. The number of hydrogen-bond acceptors (Lipinski definition) is 1. The summed E-state index contributed by atoms with van der Waals surface area (Å²) in [7, 11) is 0. The van der Waals surface area contributed by atoms with Crippen LogP contribution in [0.1, 0.15) is 31.4 Å². The molecule has 0 amide bonds. The summed E-state index contributed by atoms with van der Waals surface area (Å²) in [4.78, 5) is 11.2. The molecule has 0 aliphatic heterocycles. The van der Waals surface area contributed by atoms with Crippen molar-refractivity contribution < 1.29 is 9.90 Å². The lowest BCUT2D eigenvalue weighted by atomic mass is 9.81. The van der Waals surface area contributed by atoms with Crippen LogP contribution in [0.5, 0.6) is 0 Å². The summed E-state index contributed by atoms with van der Waals surface area (Å²) in [6.07, 6.45) is 1.06. The van der Waals surface area contributed by atoms with Gasteiger partial charge in [0.2, 0.25) is 0 Å². The number of carbonyl (C=O) groups is 1. The van der Waals surface area contributed by atoms with Crippen LogP contribution in [0.4, 0.5) is 0 Å². The van der Waals surface area contributed by atoms with Gasteiger partial charge in [0.1, 0.15) is 0 Å². The maximum Gasteiger partial charge on any atom is 0.309 e. The van der Waals surface area contributed by atoms with E-state index in [4.69, 9.17) is 11.6 Å². The van der Waals surface area contributed by atoms with E-state index < -0.39 is 11.4 Å². The molecule has 1 aromatic carbocycles. The Morgan fingerprint density at radius 3 is 2.56 bits per heavy atom. The van der Waals surface area contributed by atoms with Crippen LogP contribution in [0.15, 0.2) is 18.2 Å². The fourth-order valence-electron chi connectivity index (χ4n) is 1.57. The summed E-state index contributed by atoms with van der Waals surface area (Å²) >= 11 is 6.10. The zero-order valence-electron chi connectivity index (χ0n) is 9.88. The molecule has 2 nitrogen and oxygen atoms in total. The molecule has 0 aliphatic carbocycles. The van der Waals surface area contributed by atoms with Crippen molar-refractivity contribution in [2.45, 2.75) is 33.6 Å². The molecule has 88 valence electrons. The number of aryl methyl sites for hydroxylation is 1. The molecule has 1 rings (SSSR count). The van der Waals surface area contributed by atoms with Crippen molar-refractivity contribution >= 4 is 17.6 Å². The Kier molecular flexibility index (Phi) is 3.98. The number of benzene rings is 1. The molecule has 0 bridgehead atoms. The number of carboxylic acids is 1. The third kappa shape index (κ3) is 2.76. The molecule has 0 fully saturated rings. The highest BCUT2D eigenvalue weighted by Crippen LogP contribution is 2.30. The number of hydrogen-bond donors (Lipinski definition) is 1. The van der Waals surface area contributed by atoms with Gasteiger partial charge in [0, 0.05) is 5.02 Å². The Balaban J connectivity index is 2.99. The maximum absolute atomic E-state index is 11.2. The van der Waals surface area contributed by atoms with Gasteiger partial charge in [-0.05, 0) is 43.9 Å². The van der Waals surface area contributed by atoms with Crippen LogP contribution in [-0.4, -0.2) is 11.1 Å². The zero-order valence-corrected chi connectivity index (χ0v) is 10.6. The molecule has 1 atom stereocenters. The molecular weight excluding hydrogens is 224 g/mol. The second kappa shape index (κ2) is 4.88. The second-order valence-corrected chi connectivity index (χ2v) is 4.90.